The first-order chi connectivity index (χ1) is 11.5. The maximum Gasteiger partial charge on any atom is 0.247 e. The molecule has 0 unspecified atom stereocenters. The molecule has 1 amide bonds. The molecule has 25 heavy (non-hydrogen) atoms. The van der Waals surface area contributed by atoms with Gasteiger partial charge in [0, 0.05) is 18.1 Å². The van der Waals surface area contributed by atoms with Crippen molar-refractivity contribution in [2.45, 2.75) is 75.2 Å². The van der Waals surface area contributed by atoms with E-state index in [0.29, 0.717) is 25.0 Å². The summed E-state index contributed by atoms with van der Waals surface area (Å²) < 4.78 is 29.2. The van der Waals surface area contributed by atoms with Gasteiger partial charge in [-0.2, -0.15) is 0 Å². The second kappa shape index (κ2) is 7.07. The number of aromatic nitrogens is 1. The van der Waals surface area contributed by atoms with Gasteiger partial charge in [0.2, 0.25) is 11.8 Å². The smallest absolute Gasteiger partial charge is 0.247 e. The predicted molar refractivity (Wildman–Crippen MR) is 95.1 cm³/mol. The highest BCUT2D eigenvalue weighted by atomic mass is 32.2. The summed E-state index contributed by atoms with van der Waals surface area (Å²) in [6, 6.07) is 1.58. The van der Waals surface area contributed by atoms with Crippen molar-refractivity contribution in [2.24, 2.45) is 0 Å². The molecular weight excluding hydrogens is 344 g/mol. The molecule has 8 heteroatoms. The Morgan fingerprint density at radius 2 is 1.92 bits per heavy atom. The predicted octanol–water partition coefficient (Wildman–Crippen LogP) is 2.41. The first-order valence-corrected chi connectivity index (χ1v) is 10.2. The normalized spacial score (nSPS) is 17.0. The summed E-state index contributed by atoms with van der Waals surface area (Å²) in [5, 5.41) is 15.1. The van der Waals surface area contributed by atoms with Gasteiger partial charge in [0.25, 0.3) is 0 Å². The highest BCUT2D eigenvalue weighted by Crippen LogP contribution is 2.33. The van der Waals surface area contributed by atoms with Crippen LogP contribution in [0, 0.1) is 0 Å². The highest BCUT2D eigenvalue weighted by Gasteiger charge is 2.47. The molecule has 0 radical (unpaired) electrons. The zero-order chi connectivity index (χ0) is 18.9. The number of rotatable bonds is 7. The molecule has 0 aliphatic heterocycles. The van der Waals surface area contributed by atoms with Gasteiger partial charge >= 0.3 is 0 Å². The Morgan fingerprint density at radius 3 is 2.48 bits per heavy atom. The third-order valence-corrected chi connectivity index (χ3v) is 8.13. The monoisotopic (exact) mass is 372 g/mol. The Balaban J connectivity index is 2.15. The SMILES string of the molecule is CC(C)(CCO)c1cc(NC(=O)C(C)(C)S(=O)(=O)C2CCCC2)on1. The van der Waals surface area contributed by atoms with Gasteiger partial charge in [-0.1, -0.05) is 31.8 Å². The average molecular weight is 372 g/mol. The van der Waals surface area contributed by atoms with E-state index in [1.165, 1.54) is 13.8 Å². The van der Waals surface area contributed by atoms with Crippen LogP contribution in [0.25, 0.3) is 0 Å². The lowest BCUT2D eigenvalue weighted by molar-refractivity contribution is -0.118. The van der Waals surface area contributed by atoms with Gasteiger partial charge in [-0.25, -0.2) is 8.42 Å². The Labute approximate surface area is 149 Å². The van der Waals surface area contributed by atoms with E-state index in [1.54, 1.807) is 6.07 Å². The zero-order valence-corrected chi connectivity index (χ0v) is 16.1. The van der Waals surface area contributed by atoms with E-state index in [1.807, 2.05) is 13.8 Å². The van der Waals surface area contributed by atoms with E-state index in [2.05, 4.69) is 10.5 Å². The molecule has 1 saturated carbocycles. The minimum absolute atomic E-state index is 0.00815. The standard InChI is InChI=1S/C17H28N2O5S/c1-16(2,9-10-20)13-11-14(24-19-13)18-15(21)17(3,4)25(22,23)12-7-5-6-8-12/h11-12,20H,5-10H2,1-4H3,(H,18,21). The van der Waals surface area contributed by atoms with E-state index in [4.69, 9.17) is 9.63 Å². The number of carbonyl (C=O) groups is 1. The van der Waals surface area contributed by atoms with Crippen LogP contribution < -0.4 is 5.32 Å². The largest absolute Gasteiger partial charge is 0.396 e. The Kier molecular flexibility index (Phi) is 5.63. The molecule has 0 saturated heterocycles. The number of aliphatic hydroxyl groups is 1. The number of amides is 1. The maximum atomic E-state index is 12.8. The lowest BCUT2D eigenvalue weighted by Crippen LogP contribution is -2.48. The van der Waals surface area contributed by atoms with E-state index < -0.39 is 31.2 Å². The van der Waals surface area contributed by atoms with Crippen LogP contribution in [0.15, 0.2) is 10.6 Å². The van der Waals surface area contributed by atoms with Gasteiger partial charge in [-0.05, 0) is 33.1 Å². The summed E-state index contributed by atoms with van der Waals surface area (Å²) in [5.74, 6) is -0.511. The van der Waals surface area contributed by atoms with Crippen LogP contribution in [0.1, 0.15) is 65.5 Å². The minimum Gasteiger partial charge on any atom is -0.396 e. The third kappa shape index (κ3) is 3.89. The van der Waals surface area contributed by atoms with Crippen LogP contribution in [-0.2, 0) is 20.0 Å². The lowest BCUT2D eigenvalue weighted by Gasteiger charge is -2.26. The van der Waals surface area contributed by atoms with Gasteiger partial charge < -0.3 is 9.63 Å². The molecule has 2 rings (SSSR count). The fourth-order valence-electron chi connectivity index (χ4n) is 3.07. The van der Waals surface area contributed by atoms with Crippen LogP contribution in [-0.4, -0.2) is 41.2 Å². The maximum absolute atomic E-state index is 12.8. The molecular formula is C17H28N2O5S. The summed E-state index contributed by atoms with van der Waals surface area (Å²) in [6.07, 6.45) is 3.48. The van der Waals surface area contributed by atoms with Crippen molar-refractivity contribution in [1.29, 1.82) is 0 Å². The number of nitrogens with zero attached hydrogens (tertiary/aromatic N) is 1. The van der Waals surface area contributed by atoms with Gasteiger partial charge in [-0.15, -0.1) is 0 Å². The van der Waals surface area contributed by atoms with E-state index in [0.717, 1.165) is 12.8 Å². The molecule has 0 atom stereocenters. The van der Waals surface area contributed by atoms with Crippen molar-refractivity contribution in [3.05, 3.63) is 11.8 Å². The Bertz CT molecular complexity index is 715. The summed E-state index contributed by atoms with van der Waals surface area (Å²) in [4.78, 5) is 12.6. The summed E-state index contributed by atoms with van der Waals surface area (Å²) in [6.45, 7) is 6.68. The molecule has 0 spiro atoms. The first-order valence-electron chi connectivity index (χ1n) is 8.65. The number of nitrogens with one attached hydrogen (secondary N) is 1. The quantitative estimate of drug-likeness (QED) is 0.760. The van der Waals surface area contributed by atoms with Gasteiger partial charge in [0.15, 0.2) is 9.84 Å². The van der Waals surface area contributed by atoms with Crippen molar-refractivity contribution in [3.63, 3.8) is 0 Å². The van der Waals surface area contributed by atoms with E-state index >= 15 is 0 Å². The average Bonchev–Trinajstić information content (AvgIpc) is 3.18. The number of aliphatic hydroxyl groups excluding tert-OH is 1. The van der Waals surface area contributed by atoms with Crippen LogP contribution in [0.5, 0.6) is 0 Å². The summed E-state index contributed by atoms with van der Waals surface area (Å²) in [5.41, 5.74) is 0.181. The lowest BCUT2D eigenvalue weighted by atomic mass is 9.86. The summed E-state index contributed by atoms with van der Waals surface area (Å²) in [7, 11) is -3.59. The first kappa shape index (κ1) is 19.9. The highest BCUT2D eigenvalue weighted by molar-refractivity contribution is 7.94. The topological polar surface area (TPSA) is 110 Å². The molecule has 0 bridgehead atoms. The zero-order valence-electron chi connectivity index (χ0n) is 15.3. The second-order valence-corrected chi connectivity index (χ2v) is 10.6. The molecule has 1 aromatic rings. The van der Waals surface area contributed by atoms with Crippen molar-refractivity contribution in [3.8, 4) is 0 Å². The number of sulfone groups is 1. The Hall–Kier alpha value is -1.41. The molecule has 1 aromatic heterocycles. The van der Waals surface area contributed by atoms with Crippen molar-refractivity contribution < 1.29 is 22.8 Å². The molecule has 1 aliphatic carbocycles. The fourth-order valence-corrected chi connectivity index (χ4v) is 5.16. The summed E-state index contributed by atoms with van der Waals surface area (Å²) >= 11 is 0. The van der Waals surface area contributed by atoms with E-state index in [9.17, 15) is 13.2 Å². The fraction of sp³-hybridized carbons (Fsp3) is 0.765. The van der Waals surface area contributed by atoms with Crippen LogP contribution >= 0.6 is 0 Å². The Morgan fingerprint density at radius 1 is 1.32 bits per heavy atom. The number of hydrogen-bond donors (Lipinski definition) is 2. The molecule has 0 aromatic carbocycles. The second-order valence-electron chi connectivity index (χ2n) is 7.85. The van der Waals surface area contributed by atoms with Crippen molar-refractivity contribution in [2.75, 3.05) is 11.9 Å². The minimum atomic E-state index is -3.59. The molecule has 1 fully saturated rings. The van der Waals surface area contributed by atoms with Gasteiger partial charge in [0.05, 0.1) is 10.9 Å². The molecule has 2 N–H and O–H groups in total. The number of anilines is 1. The van der Waals surface area contributed by atoms with Gasteiger partial charge in [0.1, 0.15) is 4.75 Å². The van der Waals surface area contributed by atoms with Crippen molar-refractivity contribution >= 4 is 21.6 Å². The number of hydrogen-bond acceptors (Lipinski definition) is 6. The molecule has 1 aliphatic rings. The van der Waals surface area contributed by atoms with Gasteiger partial charge in [-0.3, -0.25) is 10.1 Å². The molecule has 7 nitrogen and oxygen atoms in total. The molecule has 142 valence electrons. The number of carbonyl (C=O) groups excluding carboxylic acids is 1. The van der Waals surface area contributed by atoms with Crippen LogP contribution in [0.4, 0.5) is 5.88 Å². The van der Waals surface area contributed by atoms with Crippen LogP contribution in [0.2, 0.25) is 0 Å². The van der Waals surface area contributed by atoms with E-state index in [-0.39, 0.29) is 12.5 Å². The molecule has 1 heterocycles. The van der Waals surface area contributed by atoms with Crippen molar-refractivity contribution in [1.82, 2.24) is 5.16 Å². The third-order valence-electron chi connectivity index (χ3n) is 5.18. The van der Waals surface area contributed by atoms with Crippen LogP contribution in [0.3, 0.4) is 0 Å².